The molecule has 0 aliphatic rings. The lowest BCUT2D eigenvalue weighted by Crippen LogP contribution is -2.04. The molecule has 0 saturated heterocycles. The summed E-state index contributed by atoms with van der Waals surface area (Å²) >= 11 is 12.0. The molecule has 0 radical (unpaired) electrons. The van der Waals surface area contributed by atoms with Crippen LogP contribution in [0.25, 0.3) is 11.1 Å². The van der Waals surface area contributed by atoms with Crippen molar-refractivity contribution in [2.45, 2.75) is 6.18 Å². The van der Waals surface area contributed by atoms with Gasteiger partial charge in [0.15, 0.2) is 0 Å². The van der Waals surface area contributed by atoms with E-state index in [4.69, 9.17) is 27.9 Å². The molecule has 0 amide bonds. The molecule has 23 heavy (non-hydrogen) atoms. The van der Waals surface area contributed by atoms with Crippen LogP contribution >= 0.6 is 34.5 Å². The first kappa shape index (κ1) is 17.8. The molecule has 0 unspecified atom stereocenters. The van der Waals surface area contributed by atoms with Gasteiger partial charge in [-0.3, -0.25) is 0 Å². The van der Waals surface area contributed by atoms with Crippen molar-refractivity contribution in [3.8, 4) is 11.1 Å². The molecule has 0 saturated carbocycles. The van der Waals surface area contributed by atoms with Crippen molar-refractivity contribution in [2.24, 2.45) is 0 Å². The third kappa shape index (κ3) is 4.07. The van der Waals surface area contributed by atoms with Gasteiger partial charge < -0.3 is 4.74 Å². The SMILES string of the molecule is C=CCOC(=O)c1cc(-c2ccc(Cl)cc2Cl)c(C(F)(F)F)s1. The van der Waals surface area contributed by atoms with Gasteiger partial charge in [0.05, 0.1) is 0 Å². The number of thiophene rings is 1. The fourth-order valence-electron chi connectivity index (χ4n) is 1.82. The van der Waals surface area contributed by atoms with E-state index in [9.17, 15) is 18.0 Å². The highest BCUT2D eigenvalue weighted by Crippen LogP contribution is 2.45. The molecule has 8 heteroatoms. The molecule has 122 valence electrons. The summed E-state index contributed by atoms with van der Waals surface area (Å²) < 4.78 is 44.5. The molecule has 0 N–H and O–H groups in total. The summed E-state index contributed by atoms with van der Waals surface area (Å²) in [7, 11) is 0. The molecule has 0 fully saturated rings. The molecule has 1 aromatic carbocycles. The highest BCUT2D eigenvalue weighted by atomic mass is 35.5. The van der Waals surface area contributed by atoms with E-state index in [1.54, 1.807) is 0 Å². The van der Waals surface area contributed by atoms with Crippen LogP contribution in [0.3, 0.4) is 0 Å². The van der Waals surface area contributed by atoms with Crippen molar-refractivity contribution >= 4 is 40.5 Å². The smallest absolute Gasteiger partial charge is 0.426 e. The van der Waals surface area contributed by atoms with Crippen LogP contribution in [0.5, 0.6) is 0 Å². The third-order valence-electron chi connectivity index (χ3n) is 2.74. The number of hydrogen-bond acceptors (Lipinski definition) is 3. The molecule has 0 aliphatic carbocycles. The molecule has 2 aromatic rings. The van der Waals surface area contributed by atoms with Gasteiger partial charge in [0, 0.05) is 21.2 Å². The van der Waals surface area contributed by atoms with Crippen LogP contribution in [0.1, 0.15) is 14.5 Å². The largest absolute Gasteiger partial charge is 0.457 e. The van der Waals surface area contributed by atoms with Crippen LogP contribution in [-0.4, -0.2) is 12.6 Å². The zero-order chi connectivity index (χ0) is 17.2. The first-order valence-corrected chi connectivity index (χ1v) is 7.75. The Bertz CT molecular complexity index is 754. The average Bonchev–Trinajstić information content (AvgIpc) is 2.89. The maximum Gasteiger partial charge on any atom is 0.426 e. The Morgan fingerprint density at radius 2 is 1.96 bits per heavy atom. The molecule has 1 heterocycles. The Balaban J connectivity index is 2.55. The predicted octanol–water partition coefficient (Wildman–Crippen LogP) is 6.08. The van der Waals surface area contributed by atoms with Gasteiger partial charge in [0.1, 0.15) is 16.4 Å². The minimum atomic E-state index is -4.63. The van der Waals surface area contributed by atoms with Gasteiger partial charge in [-0.05, 0) is 18.2 Å². The molecule has 2 rings (SSSR count). The van der Waals surface area contributed by atoms with E-state index < -0.39 is 17.0 Å². The maximum absolute atomic E-state index is 13.2. The quantitative estimate of drug-likeness (QED) is 0.474. The molecule has 0 spiro atoms. The highest BCUT2D eigenvalue weighted by molar-refractivity contribution is 7.14. The summed E-state index contributed by atoms with van der Waals surface area (Å²) in [4.78, 5) is 10.7. The zero-order valence-corrected chi connectivity index (χ0v) is 13.7. The Hall–Kier alpha value is -1.50. The van der Waals surface area contributed by atoms with Gasteiger partial charge in [-0.15, -0.1) is 11.3 Å². The van der Waals surface area contributed by atoms with E-state index in [-0.39, 0.29) is 27.6 Å². The van der Waals surface area contributed by atoms with E-state index >= 15 is 0 Å². The second kappa shape index (κ2) is 6.95. The Morgan fingerprint density at radius 1 is 1.26 bits per heavy atom. The molecule has 2 nitrogen and oxygen atoms in total. The number of carbonyl (C=O) groups is 1. The number of alkyl halides is 3. The fourth-order valence-corrected chi connectivity index (χ4v) is 3.26. The lowest BCUT2D eigenvalue weighted by molar-refractivity contribution is -0.133. The minimum Gasteiger partial charge on any atom is -0.457 e. The number of halogens is 5. The normalized spacial score (nSPS) is 11.3. The van der Waals surface area contributed by atoms with Crippen LogP contribution in [-0.2, 0) is 10.9 Å². The second-order valence-electron chi connectivity index (χ2n) is 4.36. The van der Waals surface area contributed by atoms with Crippen molar-refractivity contribution in [1.82, 2.24) is 0 Å². The molecule has 0 bridgehead atoms. The first-order chi connectivity index (χ1) is 10.7. The van der Waals surface area contributed by atoms with Crippen molar-refractivity contribution < 1.29 is 22.7 Å². The summed E-state index contributed by atoms with van der Waals surface area (Å²) in [6.45, 7) is 3.28. The summed E-state index contributed by atoms with van der Waals surface area (Å²) in [6, 6.07) is 5.26. The van der Waals surface area contributed by atoms with Crippen LogP contribution in [0.15, 0.2) is 36.9 Å². The summed E-state index contributed by atoms with van der Waals surface area (Å²) in [5.74, 6) is -0.850. The number of ether oxygens (including phenoxy) is 1. The molecular formula is C15H9Cl2F3O2S. The number of esters is 1. The number of benzene rings is 1. The first-order valence-electron chi connectivity index (χ1n) is 6.18. The van der Waals surface area contributed by atoms with Gasteiger partial charge in [-0.25, -0.2) is 4.79 Å². The lowest BCUT2D eigenvalue weighted by atomic mass is 10.1. The van der Waals surface area contributed by atoms with E-state index in [1.807, 2.05) is 0 Å². The van der Waals surface area contributed by atoms with Gasteiger partial charge in [0.2, 0.25) is 0 Å². The number of hydrogen-bond donors (Lipinski definition) is 0. The molecule has 0 atom stereocenters. The van der Waals surface area contributed by atoms with Crippen molar-refractivity contribution in [3.63, 3.8) is 0 Å². The van der Waals surface area contributed by atoms with Gasteiger partial charge in [0.25, 0.3) is 0 Å². The van der Waals surface area contributed by atoms with Gasteiger partial charge >= 0.3 is 12.1 Å². The molecular weight excluding hydrogens is 372 g/mol. The third-order valence-corrected chi connectivity index (χ3v) is 4.45. The monoisotopic (exact) mass is 380 g/mol. The number of carbonyl (C=O) groups excluding carboxylic acids is 1. The van der Waals surface area contributed by atoms with Crippen molar-refractivity contribution in [2.75, 3.05) is 6.61 Å². The Labute approximate surface area is 144 Å². The van der Waals surface area contributed by atoms with Gasteiger partial charge in [-0.1, -0.05) is 41.9 Å². The average molecular weight is 381 g/mol. The Morgan fingerprint density at radius 3 is 2.52 bits per heavy atom. The second-order valence-corrected chi connectivity index (χ2v) is 6.26. The molecule has 1 aromatic heterocycles. The van der Waals surface area contributed by atoms with E-state index in [0.29, 0.717) is 16.4 Å². The van der Waals surface area contributed by atoms with Crippen LogP contribution in [0.4, 0.5) is 13.2 Å². The molecule has 0 aliphatic heterocycles. The van der Waals surface area contributed by atoms with Crippen LogP contribution in [0, 0.1) is 0 Å². The predicted molar refractivity (Wildman–Crippen MR) is 85.3 cm³/mol. The van der Waals surface area contributed by atoms with Crippen molar-refractivity contribution in [3.05, 3.63) is 56.7 Å². The number of rotatable bonds is 4. The van der Waals surface area contributed by atoms with Gasteiger partial charge in [-0.2, -0.15) is 13.2 Å². The zero-order valence-electron chi connectivity index (χ0n) is 11.4. The highest BCUT2D eigenvalue weighted by Gasteiger charge is 2.37. The summed E-state index contributed by atoms with van der Waals surface area (Å²) in [6.07, 6.45) is -3.30. The fraction of sp³-hybridized carbons (Fsp3) is 0.133. The standard InChI is InChI=1S/C15H9Cl2F3O2S/c1-2-5-22-14(21)12-7-10(13(23-12)15(18,19)20)9-4-3-8(16)6-11(9)17/h2-4,6-7H,1,5H2. The van der Waals surface area contributed by atoms with E-state index in [2.05, 4.69) is 6.58 Å². The van der Waals surface area contributed by atoms with E-state index in [1.165, 1.54) is 24.3 Å². The van der Waals surface area contributed by atoms with Crippen molar-refractivity contribution in [1.29, 1.82) is 0 Å². The maximum atomic E-state index is 13.2. The van der Waals surface area contributed by atoms with Crippen LogP contribution in [0.2, 0.25) is 10.0 Å². The topological polar surface area (TPSA) is 26.3 Å². The van der Waals surface area contributed by atoms with Crippen LogP contribution < -0.4 is 0 Å². The Kier molecular flexibility index (Phi) is 5.39. The summed E-state index contributed by atoms with van der Waals surface area (Å²) in [5.41, 5.74) is -0.0443. The summed E-state index contributed by atoms with van der Waals surface area (Å²) in [5, 5.41) is 0.361. The minimum absolute atomic E-state index is 0.0619. The van der Waals surface area contributed by atoms with E-state index in [0.717, 1.165) is 6.07 Å². The lowest BCUT2D eigenvalue weighted by Gasteiger charge is -2.09.